The van der Waals surface area contributed by atoms with Crippen molar-refractivity contribution < 1.29 is 4.79 Å². The van der Waals surface area contributed by atoms with E-state index >= 15 is 0 Å². The number of carbonyl (C=O) groups is 1. The van der Waals surface area contributed by atoms with Gasteiger partial charge >= 0.3 is 0 Å². The molecule has 1 aliphatic carbocycles. The highest BCUT2D eigenvalue weighted by Gasteiger charge is 2.33. The monoisotopic (exact) mass is 377 g/mol. The van der Waals surface area contributed by atoms with Crippen LogP contribution in [0.3, 0.4) is 0 Å². The van der Waals surface area contributed by atoms with Crippen molar-refractivity contribution in [1.29, 1.82) is 0 Å². The summed E-state index contributed by atoms with van der Waals surface area (Å²) in [7, 11) is 0. The van der Waals surface area contributed by atoms with Crippen molar-refractivity contribution in [1.82, 2.24) is 14.5 Å². The molecule has 2 aromatic rings. The van der Waals surface area contributed by atoms with Crippen LogP contribution in [0.1, 0.15) is 33.1 Å². The van der Waals surface area contributed by atoms with Crippen molar-refractivity contribution in [2.75, 3.05) is 0 Å². The second kappa shape index (κ2) is 6.43. The summed E-state index contributed by atoms with van der Waals surface area (Å²) in [6, 6.07) is 6.04. The van der Waals surface area contributed by atoms with E-state index < -0.39 is 0 Å². The standard InChI is InChI=1S/C17H20BrN3O2/c1-11(2)21(13-4-5-13)16(22)7-8-20-10-19-15-6-3-12(18)9-14(15)17(20)23/h3,6,9-11,13H,4-5,7-8H2,1-2H3. The first-order valence-electron chi connectivity index (χ1n) is 7.93. The van der Waals surface area contributed by atoms with Gasteiger partial charge in [0.2, 0.25) is 5.91 Å². The fourth-order valence-electron chi connectivity index (χ4n) is 2.90. The largest absolute Gasteiger partial charge is 0.337 e. The molecule has 0 aliphatic heterocycles. The number of aromatic nitrogens is 2. The van der Waals surface area contributed by atoms with Crippen molar-refractivity contribution in [3.63, 3.8) is 0 Å². The molecule has 1 fully saturated rings. The van der Waals surface area contributed by atoms with Gasteiger partial charge in [-0.2, -0.15) is 0 Å². The average molecular weight is 378 g/mol. The first-order chi connectivity index (χ1) is 11.0. The number of halogens is 1. The van der Waals surface area contributed by atoms with Gasteiger partial charge in [-0.1, -0.05) is 15.9 Å². The molecule has 0 unspecified atom stereocenters. The average Bonchev–Trinajstić information content (AvgIpc) is 3.31. The molecule has 1 amide bonds. The van der Waals surface area contributed by atoms with Crippen LogP contribution < -0.4 is 5.56 Å². The van der Waals surface area contributed by atoms with Crippen LogP contribution >= 0.6 is 15.9 Å². The van der Waals surface area contributed by atoms with Gasteiger partial charge in [-0.25, -0.2) is 4.98 Å². The van der Waals surface area contributed by atoms with Crippen LogP contribution in [0, 0.1) is 0 Å². The van der Waals surface area contributed by atoms with Gasteiger partial charge in [0.25, 0.3) is 5.56 Å². The van der Waals surface area contributed by atoms with Gasteiger partial charge in [-0.15, -0.1) is 0 Å². The second-order valence-electron chi connectivity index (χ2n) is 6.28. The van der Waals surface area contributed by atoms with E-state index in [4.69, 9.17) is 0 Å². The van der Waals surface area contributed by atoms with Crippen LogP contribution in [-0.2, 0) is 11.3 Å². The zero-order valence-electron chi connectivity index (χ0n) is 13.3. The fourth-order valence-corrected chi connectivity index (χ4v) is 3.26. The Labute approximate surface area is 143 Å². The predicted octanol–water partition coefficient (Wildman–Crippen LogP) is 2.95. The Morgan fingerprint density at radius 3 is 2.83 bits per heavy atom. The summed E-state index contributed by atoms with van der Waals surface area (Å²) in [6.07, 6.45) is 4.04. The zero-order chi connectivity index (χ0) is 16.6. The van der Waals surface area contributed by atoms with E-state index in [-0.39, 0.29) is 17.5 Å². The number of hydrogen-bond acceptors (Lipinski definition) is 3. The molecule has 1 saturated carbocycles. The van der Waals surface area contributed by atoms with Gasteiger partial charge in [-0.3, -0.25) is 14.2 Å². The summed E-state index contributed by atoms with van der Waals surface area (Å²) in [5.74, 6) is 0.115. The number of aryl methyl sites for hydroxylation is 1. The Balaban J connectivity index is 1.78. The molecule has 6 heteroatoms. The molecule has 0 radical (unpaired) electrons. The van der Waals surface area contributed by atoms with Crippen LogP contribution in [0.15, 0.2) is 33.8 Å². The van der Waals surface area contributed by atoms with Crippen LogP contribution in [0.5, 0.6) is 0 Å². The summed E-state index contributed by atoms with van der Waals surface area (Å²) < 4.78 is 2.37. The highest BCUT2D eigenvalue weighted by molar-refractivity contribution is 9.10. The molecule has 0 atom stereocenters. The maximum Gasteiger partial charge on any atom is 0.261 e. The molecule has 1 aromatic heterocycles. The van der Waals surface area contributed by atoms with Crippen LogP contribution in [0.4, 0.5) is 0 Å². The van der Waals surface area contributed by atoms with Crippen molar-refractivity contribution in [3.05, 3.63) is 39.4 Å². The van der Waals surface area contributed by atoms with E-state index in [1.165, 1.54) is 10.9 Å². The minimum atomic E-state index is -0.105. The predicted molar refractivity (Wildman–Crippen MR) is 93.3 cm³/mol. The van der Waals surface area contributed by atoms with E-state index in [0.29, 0.717) is 29.9 Å². The van der Waals surface area contributed by atoms with Gasteiger partial charge in [0.05, 0.1) is 17.2 Å². The van der Waals surface area contributed by atoms with Gasteiger partial charge in [0, 0.05) is 29.5 Å². The molecule has 1 heterocycles. The highest BCUT2D eigenvalue weighted by Crippen LogP contribution is 2.29. The third kappa shape index (κ3) is 3.47. The van der Waals surface area contributed by atoms with Gasteiger partial charge < -0.3 is 4.90 Å². The maximum atomic E-state index is 12.5. The molecular formula is C17H20BrN3O2. The highest BCUT2D eigenvalue weighted by atomic mass is 79.9. The van der Waals surface area contributed by atoms with E-state index in [1.54, 1.807) is 6.07 Å². The van der Waals surface area contributed by atoms with E-state index in [1.807, 2.05) is 30.9 Å². The van der Waals surface area contributed by atoms with E-state index in [9.17, 15) is 9.59 Å². The third-order valence-electron chi connectivity index (χ3n) is 4.14. The molecule has 0 N–H and O–H groups in total. The Bertz CT molecular complexity index is 794. The summed E-state index contributed by atoms with van der Waals surface area (Å²) in [6.45, 7) is 4.44. The van der Waals surface area contributed by atoms with Crippen molar-refractivity contribution in [2.45, 2.75) is 51.7 Å². The molecule has 122 valence electrons. The number of nitrogens with zero attached hydrogens (tertiary/aromatic N) is 3. The smallest absolute Gasteiger partial charge is 0.261 e. The normalized spacial score (nSPS) is 14.4. The van der Waals surface area contributed by atoms with Gasteiger partial charge in [-0.05, 0) is 44.9 Å². The second-order valence-corrected chi connectivity index (χ2v) is 7.20. The van der Waals surface area contributed by atoms with E-state index in [0.717, 1.165) is 17.3 Å². The zero-order valence-corrected chi connectivity index (χ0v) is 14.9. The van der Waals surface area contributed by atoms with Crippen molar-refractivity contribution >= 4 is 32.7 Å². The molecule has 5 nitrogen and oxygen atoms in total. The minimum Gasteiger partial charge on any atom is -0.337 e. The summed E-state index contributed by atoms with van der Waals surface area (Å²) in [4.78, 5) is 31.2. The van der Waals surface area contributed by atoms with E-state index in [2.05, 4.69) is 20.9 Å². The van der Waals surface area contributed by atoms with Crippen LogP contribution in [-0.4, -0.2) is 32.4 Å². The Morgan fingerprint density at radius 1 is 1.43 bits per heavy atom. The van der Waals surface area contributed by atoms with Crippen molar-refractivity contribution in [3.8, 4) is 0 Å². The Hall–Kier alpha value is -1.69. The summed E-state index contributed by atoms with van der Waals surface area (Å²) >= 11 is 3.37. The number of amides is 1. The molecule has 0 spiro atoms. The number of carbonyl (C=O) groups excluding carboxylic acids is 1. The Morgan fingerprint density at radius 2 is 2.17 bits per heavy atom. The van der Waals surface area contributed by atoms with Crippen molar-refractivity contribution in [2.24, 2.45) is 0 Å². The van der Waals surface area contributed by atoms with Crippen LogP contribution in [0.25, 0.3) is 10.9 Å². The lowest BCUT2D eigenvalue weighted by Gasteiger charge is -2.26. The molecular weight excluding hydrogens is 358 g/mol. The summed E-state index contributed by atoms with van der Waals surface area (Å²) in [5, 5.41) is 0.567. The quantitative estimate of drug-likeness (QED) is 0.804. The molecule has 0 bridgehead atoms. The number of hydrogen-bond donors (Lipinski definition) is 0. The molecule has 3 rings (SSSR count). The van der Waals surface area contributed by atoms with Gasteiger partial charge in [0.1, 0.15) is 0 Å². The number of rotatable bonds is 5. The minimum absolute atomic E-state index is 0.105. The SMILES string of the molecule is CC(C)N(C(=O)CCn1cnc2ccc(Br)cc2c1=O)C1CC1. The first-order valence-corrected chi connectivity index (χ1v) is 8.72. The third-order valence-corrected chi connectivity index (χ3v) is 4.63. The number of benzene rings is 1. The maximum absolute atomic E-state index is 12.5. The topological polar surface area (TPSA) is 55.2 Å². The lowest BCUT2D eigenvalue weighted by Crippen LogP contribution is -2.39. The first kappa shape index (κ1) is 16.2. The van der Waals surface area contributed by atoms with Gasteiger partial charge in [0.15, 0.2) is 0 Å². The lowest BCUT2D eigenvalue weighted by atomic mass is 10.2. The molecule has 0 saturated heterocycles. The van der Waals surface area contributed by atoms with Crippen LogP contribution in [0.2, 0.25) is 0 Å². The molecule has 1 aromatic carbocycles. The molecule has 23 heavy (non-hydrogen) atoms. The fraction of sp³-hybridized carbons (Fsp3) is 0.471. The Kier molecular flexibility index (Phi) is 4.53. The molecule has 1 aliphatic rings. The lowest BCUT2D eigenvalue weighted by molar-refractivity contribution is -0.133. The summed E-state index contributed by atoms with van der Waals surface area (Å²) in [5.41, 5.74) is 0.564. The number of fused-ring (bicyclic) bond motifs is 1.